The van der Waals surface area contributed by atoms with Gasteiger partial charge in [-0.2, -0.15) is 9.55 Å². The van der Waals surface area contributed by atoms with E-state index in [0.29, 0.717) is 69.9 Å². The number of aryl methyl sites for hydroxylation is 1. The zero-order valence-electron chi connectivity index (χ0n) is 31.5. The number of piperazine rings is 2. The van der Waals surface area contributed by atoms with E-state index in [1.165, 1.54) is 33.9 Å². The first-order chi connectivity index (χ1) is 24.8. The number of halogens is 2. The molecule has 294 valence electrons. The van der Waals surface area contributed by atoms with Crippen molar-refractivity contribution in [3.05, 3.63) is 70.3 Å². The fraction of sp³-hybridized carbons (Fsp3) is 0.486. The highest BCUT2D eigenvalue weighted by Gasteiger charge is 2.30. The molecule has 17 nitrogen and oxygen atoms in total. The summed E-state index contributed by atoms with van der Waals surface area (Å²) in [6.45, 7) is 14.3. The standard InChI is InChI=1S/C21H24ClN5O5.C14H23N4O3.HI/c1-21(2,3)32-20(31)26-10-8-25(9-11-26)18(29)23-17-6-7-27(19(30)24-17)15-5-4-14(13-28)16(22)12-15;1-14(2,3)21-13(20)17-9-7-16(8-10-17)12(19)18-6-5-15(4)11-18;/h4-7,12-13H,8-11H2,1-3H3,(H,23,24,29,30);5-6,11H,7-10H2,1-4H3;1H/q;+1;/p-1. The minimum atomic E-state index is -0.618. The number of carbonyl (C=O) groups is 5. The highest BCUT2D eigenvalue weighted by Crippen LogP contribution is 2.19. The number of rotatable bonds is 3. The van der Waals surface area contributed by atoms with Crippen LogP contribution in [-0.2, 0) is 16.5 Å². The molecule has 0 aliphatic carbocycles. The quantitative estimate of drug-likeness (QED) is 0.225. The maximum atomic E-state index is 12.5. The van der Waals surface area contributed by atoms with E-state index in [2.05, 4.69) is 10.3 Å². The highest BCUT2D eigenvalue weighted by molar-refractivity contribution is 6.33. The van der Waals surface area contributed by atoms with Crippen molar-refractivity contribution in [1.82, 2.24) is 33.7 Å². The second-order valence-corrected chi connectivity index (χ2v) is 14.8. The Morgan fingerprint density at radius 1 is 0.815 bits per heavy atom. The first-order valence-electron chi connectivity index (χ1n) is 17.0. The lowest BCUT2D eigenvalue weighted by Crippen LogP contribution is -3.00. The van der Waals surface area contributed by atoms with Gasteiger partial charge in [0, 0.05) is 64.1 Å². The van der Waals surface area contributed by atoms with Crippen molar-refractivity contribution in [2.24, 2.45) is 7.05 Å². The monoisotopic (exact) mass is 883 g/mol. The second-order valence-electron chi connectivity index (χ2n) is 14.4. The van der Waals surface area contributed by atoms with Crippen LogP contribution < -0.4 is 39.6 Å². The van der Waals surface area contributed by atoms with Gasteiger partial charge in [0.2, 0.25) is 0 Å². The fourth-order valence-corrected chi connectivity index (χ4v) is 5.39. The minimum Gasteiger partial charge on any atom is -1.00 e. The third-order valence-corrected chi connectivity index (χ3v) is 8.17. The van der Waals surface area contributed by atoms with Crippen LogP contribution in [0.15, 0.2) is 54.0 Å². The van der Waals surface area contributed by atoms with Crippen LogP contribution >= 0.6 is 11.6 Å². The number of amides is 5. The molecule has 0 unspecified atom stereocenters. The van der Waals surface area contributed by atoms with Crippen molar-refractivity contribution >= 4 is 48.0 Å². The summed E-state index contributed by atoms with van der Waals surface area (Å²) in [7, 11) is 1.87. The molecule has 0 spiro atoms. The summed E-state index contributed by atoms with van der Waals surface area (Å²) in [6, 6.07) is 5.55. The predicted molar refractivity (Wildman–Crippen MR) is 194 cm³/mol. The number of anilines is 1. The average Bonchev–Trinajstić information content (AvgIpc) is 3.53. The molecule has 0 radical (unpaired) electrons. The molecule has 5 rings (SSSR count). The topological polar surface area (TPSA) is 172 Å². The molecule has 2 aromatic heterocycles. The van der Waals surface area contributed by atoms with Crippen LogP contribution in [0, 0.1) is 0 Å². The van der Waals surface area contributed by atoms with Crippen LogP contribution in [0.1, 0.15) is 51.9 Å². The molecule has 54 heavy (non-hydrogen) atoms. The smallest absolute Gasteiger partial charge is 0.415 e. The summed E-state index contributed by atoms with van der Waals surface area (Å²) in [5.74, 6) is 0.0985. The minimum absolute atomic E-state index is 0. The van der Waals surface area contributed by atoms with Gasteiger partial charge in [0.25, 0.3) is 6.33 Å². The molecule has 4 heterocycles. The van der Waals surface area contributed by atoms with E-state index >= 15 is 0 Å². The maximum Gasteiger partial charge on any atom is 0.415 e. The Hall–Kier alpha value is -4.72. The summed E-state index contributed by atoms with van der Waals surface area (Å²) >= 11 is 6.02. The van der Waals surface area contributed by atoms with E-state index in [0.717, 1.165) is 0 Å². The van der Waals surface area contributed by atoms with E-state index < -0.39 is 29.0 Å². The Morgan fingerprint density at radius 3 is 1.78 bits per heavy atom. The van der Waals surface area contributed by atoms with Crippen molar-refractivity contribution < 1.29 is 62.0 Å². The van der Waals surface area contributed by atoms with Crippen LogP contribution in [0.4, 0.5) is 25.0 Å². The number of hydrogen-bond donors (Lipinski definition) is 1. The fourth-order valence-electron chi connectivity index (χ4n) is 5.17. The van der Waals surface area contributed by atoms with Crippen LogP contribution in [0.25, 0.3) is 5.69 Å². The van der Waals surface area contributed by atoms with Gasteiger partial charge >= 0.3 is 29.9 Å². The van der Waals surface area contributed by atoms with Gasteiger partial charge in [-0.05, 0) is 65.8 Å². The van der Waals surface area contributed by atoms with Gasteiger partial charge in [0.1, 0.15) is 29.4 Å². The average molecular weight is 884 g/mol. The number of urea groups is 1. The molecule has 2 fully saturated rings. The van der Waals surface area contributed by atoms with E-state index in [9.17, 15) is 28.8 Å². The lowest BCUT2D eigenvalue weighted by atomic mass is 10.2. The molecule has 0 saturated carbocycles. The van der Waals surface area contributed by atoms with Crippen molar-refractivity contribution in [3.8, 4) is 5.69 Å². The van der Waals surface area contributed by atoms with Gasteiger partial charge in [-0.1, -0.05) is 11.6 Å². The van der Waals surface area contributed by atoms with Crippen LogP contribution in [0.3, 0.4) is 0 Å². The largest absolute Gasteiger partial charge is 1.00 e. The van der Waals surface area contributed by atoms with Gasteiger partial charge in [-0.3, -0.25) is 14.7 Å². The first kappa shape index (κ1) is 43.7. The zero-order chi connectivity index (χ0) is 39.1. The molecular formula is C35H47ClIN9O8. The molecule has 1 N–H and O–H groups in total. The maximum absolute atomic E-state index is 12.5. The zero-order valence-corrected chi connectivity index (χ0v) is 34.4. The molecule has 2 aliphatic heterocycles. The van der Waals surface area contributed by atoms with E-state index in [-0.39, 0.29) is 46.9 Å². The molecule has 0 bridgehead atoms. The van der Waals surface area contributed by atoms with E-state index in [4.69, 9.17) is 21.1 Å². The number of imidazole rings is 1. The molecule has 3 aromatic rings. The van der Waals surface area contributed by atoms with Gasteiger partial charge in [-0.25, -0.2) is 28.5 Å². The molecule has 0 atom stereocenters. The summed E-state index contributed by atoms with van der Waals surface area (Å²) in [5, 5.41) is 2.81. The summed E-state index contributed by atoms with van der Waals surface area (Å²) in [6.07, 6.45) is 6.61. The third kappa shape index (κ3) is 12.4. The van der Waals surface area contributed by atoms with Crippen molar-refractivity contribution in [3.63, 3.8) is 0 Å². The molecule has 19 heteroatoms. The molecule has 5 amide bonds. The van der Waals surface area contributed by atoms with Gasteiger partial charge in [0.15, 0.2) is 6.29 Å². The Morgan fingerprint density at radius 2 is 1.33 bits per heavy atom. The number of benzene rings is 1. The normalized spacial score (nSPS) is 14.6. The molecule has 2 saturated heterocycles. The van der Waals surface area contributed by atoms with E-state index in [1.807, 2.05) is 38.6 Å². The second kappa shape index (κ2) is 18.5. The van der Waals surface area contributed by atoms with Crippen LogP contribution in [-0.4, -0.2) is 128 Å². The number of hydrogen-bond acceptors (Lipinski definition) is 9. The highest BCUT2D eigenvalue weighted by atomic mass is 127. The van der Waals surface area contributed by atoms with Crippen LogP contribution in [0.2, 0.25) is 5.02 Å². The summed E-state index contributed by atoms with van der Waals surface area (Å²) < 4.78 is 15.3. The van der Waals surface area contributed by atoms with Crippen molar-refractivity contribution in [2.45, 2.75) is 52.7 Å². The van der Waals surface area contributed by atoms with Gasteiger partial charge in [0.05, 0.1) is 17.8 Å². The Kier molecular flexibility index (Phi) is 15.0. The lowest BCUT2D eigenvalue weighted by Gasteiger charge is -2.35. The number of aldehydes is 1. The molecular weight excluding hydrogens is 837 g/mol. The van der Waals surface area contributed by atoms with Crippen molar-refractivity contribution in [2.75, 3.05) is 57.7 Å². The molecule has 2 aliphatic rings. The van der Waals surface area contributed by atoms with Crippen molar-refractivity contribution in [1.29, 1.82) is 0 Å². The third-order valence-electron chi connectivity index (χ3n) is 7.84. The van der Waals surface area contributed by atoms with Gasteiger partial charge in [-0.15, -0.1) is 0 Å². The Labute approximate surface area is 335 Å². The summed E-state index contributed by atoms with van der Waals surface area (Å²) in [5.41, 5.74) is -0.947. The Balaban J connectivity index is 0.000000310. The lowest BCUT2D eigenvalue weighted by molar-refractivity contribution is -0.670. The first-order valence-corrected chi connectivity index (χ1v) is 17.4. The van der Waals surface area contributed by atoms with Gasteiger partial charge < -0.3 is 53.1 Å². The van der Waals surface area contributed by atoms with Crippen LogP contribution in [0.5, 0.6) is 0 Å². The molecule has 1 aromatic carbocycles. The number of ether oxygens (including phenoxy) is 2. The van der Waals surface area contributed by atoms with E-state index in [1.54, 1.807) is 58.6 Å². The summed E-state index contributed by atoms with van der Waals surface area (Å²) in [4.78, 5) is 82.5. The SMILES string of the molecule is CC(C)(C)OC(=O)N1CCN(C(=O)Nc2ccn(-c3ccc(C=O)c(Cl)c3)c(=O)n2)CC1.C[n+]1ccn(C(=O)N2CCN(C(=O)OC(C)(C)C)CC2)c1.[I-]. The number of nitrogens with zero attached hydrogens (tertiary/aromatic N) is 8. The number of nitrogens with one attached hydrogen (secondary N) is 1. The number of aromatic nitrogens is 4. The predicted octanol–water partition coefficient (Wildman–Crippen LogP) is 0.620. The number of carbonyl (C=O) groups excluding carboxylic acids is 5. The Bertz CT molecular complexity index is 1870.